The Hall–Kier alpha value is -0.600. The van der Waals surface area contributed by atoms with Gasteiger partial charge in [-0.2, -0.15) is 5.26 Å². The van der Waals surface area contributed by atoms with Gasteiger partial charge in [-0.15, -0.1) is 0 Å². The summed E-state index contributed by atoms with van der Waals surface area (Å²) < 4.78 is 23.2. The molecule has 0 aromatic rings. The summed E-state index contributed by atoms with van der Waals surface area (Å²) in [5.74, 6) is 0.123. The van der Waals surface area contributed by atoms with E-state index in [9.17, 15) is 8.42 Å². The Bertz CT molecular complexity index is 330. The number of rotatable bonds is 7. The Balaban J connectivity index is 4.22. The van der Waals surface area contributed by atoms with Gasteiger partial charge in [-0.1, -0.05) is 6.92 Å². The number of sulfone groups is 1. The average Bonchev–Trinajstić information content (AvgIpc) is 2.23. The van der Waals surface area contributed by atoms with Crippen molar-refractivity contribution in [1.82, 2.24) is 4.90 Å². The first kappa shape index (κ1) is 15.4. The lowest BCUT2D eigenvalue weighted by atomic mass is 10.2. The van der Waals surface area contributed by atoms with Gasteiger partial charge >= 0.3 is 0 Å². The zero-order valence-electron chi connectivity index (χ0n) is 10.6. The fraction of sp³-hybridized carbons (Fsp3) is 0.909. The molecular weight excluding hydrogens is 224 g/mol. The van der Waals surface area contributed by atoms with Gasteiger partial charge in [-0.3, -0.25) is 0 Å². The van der Waals surface area contributed by atoms with Gasteiger partial charge in [0.25, 0.3) is 0 Å². The zero-order valence-corrected chi connectivity index (χ0v) is 11.4. The summed E-state index contributed by atoms with van der Waals surface area (Å²) in [6.07, 6.45) is 0. The standard InChI is InChI=1S/C11H22N2O2S/c1-5-13(9-11(4)8-12)6-7-16(14,15)10(2)3/h10-11H,5-7,9H2,1-4H3. The van der Waals surface area contributed by atoms with Crippen LogP contribution < -0.4 is 0 Å². The van der Waals surface area contributed by atoms with Crippen LogP contribution in [0.3, 0.4) is 0 Å². The first-order valence-electron chi connectivity index (χ1n) is 5.67. The highest BCUT2D eigenvalue weighted by Crippen LogP contribution is 2.03. The average molecular weight is 246 g/mol. The van der Waals surface area contributed by atoms with Crippen LogP contribution in [0.2, 0.25) is 0 Å². The maximum atomic E-state index is 11.6. The van der Waals surface area contributed by atoms with Crippen LogP contribution in [0.25, 0.3) is 0 Å². The van der Waals surface area contributed by atoms with Crippen molar-refractivity contribution in [1.29, 1.82) is 5.26 Å². The molecule has 0 aliphatic carbocycles. The summed E-state index contributed by atoms with van der Waals surface area (Å²) in [6.45, 7) is 9.15. The summed E-state index contributed by atoms with van der Waals surface area (Å²) in [4.78, 5) is 2.01. The fourth-order valence-electron chi connectivity index (χ4n) is 1.30. The van der Waals surface area contributed by atoms with Crippen molar-refractivity contribution in [2.45, 2.75) is 32.9 Å². The highest BCUT2D eigenvalue weighted by atomic mass is 32.2. The molecular formula is C11H22N2O2S. The SMILES string of the molecule is CCN(CCS(=O)(=O)C(C)C)CC(C)C#N. The molecule has 0 saturated carbocycles. The molecule has 0 fully saturated rings. The summed E-state index contributed by atoms with van der Waals surface area (Å²) in [6, 6.07) is 2.16. The first-order chi connectivity index (χ1) is 7.33. The van der Waals surface area contributed by atoms with Crippen molar-refractivity contribution >= 4 is 9.84 Å². The lowest BCUT2D eigenvalue weighted by Crippen LogP contribution is -2.34. The van der Waals surface area contributed by atoms with Crippen LogP contribution in [0.4, 0.5) is 0 Å². The highest BCUT2D eigenvalue weighted by Gasteiger charge is 2.17. The fourth-order valence-corrected chi connectivity index (χ4v) is 2.28. The number of hydrogen-bond donors (Lipinski definition) is 0. The molecule has 0 radical (unpaired) electrons. The van der Waals surface area contributed by atoms with Crippen molar-refractivity contribution in [2.24, 2.45) is 5.92 Å². The van der Waals surface area contributed by atoms with E-state index in [1.54, 1.807) is 13.8 Å². The molecule has 0 spiro atoms. The predicted octanol–water partition coefficient (Wildman–Crippen LogP) is 1.29. The second kappa shape index (κ2) is 6.87. The minimum atomic E-state index is -2.97. The Morgan fingerprint density at radius 2 is 1.88 bits per heavy atom. The highest BCUT2D eigenvalue weighted by molar-refractivity contribution is 7.92. The summed E-state index contributed by atoms with van der Waals surface area (Å²) in [7, 11) is -2.97. The second-order valence-corrected chi connectivity index (χ2v) is 7.02. The molecule has 0 heterocycles. The summed E-state index contributed by atoms with van der Waals surface area (Å²) in [5, 5.41) is 8.38. The maximum absolute atomic E-state index is 11.6. The predicted molar refractivity (Wildman–Crippen MR) is 65.8 cm³/mol. The number of hydrogen-bond acceptors (Lipinski definition) is 4. The normalized spacial score (nSPS) is 14.1. The van der Waals surface area contributed by atoms with Gasteiger partial charge in [-0.25, -0.2) is 8.42 Å². The van der Waals surface area contributed by atoms with E-state index >= 15 is 0 Å². The summed E-state index contributed by atoms with van der Waals surface area (Å²) in [5.41, 5.74) is 0. The van der Waals surface area contributed by atoms with E-state index in [-0.39, 0.29) is 16.9 Å². The van der Waals surface area contributed by atoms with Gasteiger partial charge in [-0.05, 0) is 27.3 Å². The lowest BCUT2D eigenvalue weighted by Gasteiger charge is -2.21. The van der Waals surface area contributed by atoms with Crippen molar-refractivity contribution in [3.05, 3.63) is 0 Å². The lowest BCUT2D eigenvalue weighted by molar-refractivity contribution is 0.283. The van der Waals surface area contributed by atoms with E-state index in [1.165, 1.54) is 0 Å². The zero-order chi connectivity index (χ0) is 12.8. The molecule has 0 bridgehead atoms. The molecule has 0 aliphatic heterocycles. The molecule has 0 rings (SSSR count). The van der Waals surface area contributed by atoms with Gasteiger partial charge < -0.3 is 4.90 Å². The Morgan fingerprint density at radius 3 is 2.25 bits per heavy atom. The Morgan fingerprint density at radius 1 is 1.31 bits per heavy atom. The van der Waals surface area contributed by atoms with E-state index < -0.39 is 9.84 Å². The molecule has 5 heteroatoms. The molecule has 0 aromatic carbocycles. The number of nitriles is 1. The van der Waals surface area contributed by atoms with Gasteiger partial charge in [0, 0.05) is 13.1 Å². The van der Waals surface area contributed by atoms with E-state index in [1.807, 2.05) is 18.7 Å². The molecule has 0 aromatic heterocycles. The van der Waals surface area contributed by atoms with E-state index in [0.29, 0.717) is 13.1 Å². The largest absolute Gasteiger partial charge is 0.301 e. The van der Waals surface area contributed by atoms with Crippen LogP contribution in [-0.2, 0) is 9.84 Å². The third-order valence-electron chi connectivity index (χ3n) is 2.61. The number of nitrogens with zero attached hydrogens (tertiary/aromatic N) is 2. The summed E-state index contributed by atoms with van der Waals surface area (Å²) >= 11 is 0. The molecule has 4 nitrogen and oxygen atoms in total. The van der Waals surface area contributed by atoms with Crippen LogP contribution in [0.15, 0.2) is 0 Å². The van der Waals surface area contributed by atoms with E-state index in [2.05, 4.69) is 6.07 Å². The van der Waals surface area contributed by atoms with Crippen LogP contribution in [0.5, 0.6) is 0 Å². The monoisotopic (exact) mass is 246 g/mol. The molecule has 0 aliphatic rings. The van der Waals surface area contributed by atoms with Gasteiger partial charge in [0.05, 0.1) is 23.0 Å². The quantitative estimate of drug-likeness (QED) is 0.679. The smallest absolute Gasteiger partial charge is 0.153 e. The second-order valence-electron chi connectivity index (χ2n) is 4.34. The van der Waals surface area contributed by atoms with Crippen LogP contribution in [-0.4, -0.2) is 44.0 Å². The molecule has 0 saturated heterocycles. The van der Waals surface area contributed by atoms with Crippen molar-refractivity contribution in [3.8, 4) is 6.07 Å². The molecule has 0 amide bonds. The molecule has 1 unspecified atom stereocenters. The van der Waals surface area contributed by atoms with Crippen LogP contribution >= 0.6 is 0 Å². The molecule has 1 atom stereocenters. The molecule has 94 valence electrons. The van der Waals surface area contributed by atoms with Crippen molar-refractivity contribution in [3.63, 3.8) is 0 Å². The van der Waals surface area contributed by atoms with E-state index in [4.69, 9.17) is 5.26 Å². The topological polar surface area (TPSA) is 61.2 Å². The van der Waals surface area contributed by atoms with Crippen LogP contribution in [0, 0.1) is 17.2 Å². The Labute approximate surface area is 99.2 Å². The maximum Gasteiger partial charge on any atom is 0.153 e. The van der Waals surface area contributed by atoms with Crippen molar-refractivity contribution < 1.29 is 8.42 Å². The minimum Gasteiger partial charge on any atom is -0.301 e. The molecule has 16 heavy (non-hydrogen) atoms. The van der Waals surface area contributed by atoms with Gasteiger partial charge in [0.15, 0.2) is 9.84 Å². The minimum absolute atomic E-state index is 0.0540. The molecule has 0 N–H and O–H groups in total. The van der Waals surface area contributed by atoms with Crippen LogP contribution in [0.1, 0.15) is 27.7 Å². The third-order valence-corrected chi connectivity index (χ3v) is 4.80. The third kappa shape index (κ3) is 5.47. The van der Waals surface area contributed by atoms with Gasteiger partial charge in [0.2, 0.25) is 0 Å². The van der Waals surface area contributed by atoms with Gasteiger partial charge in [0.1, 0.15) is 0 Å². The van der Waals surface area contributed by atoms with Crippen molar-refractivity contribution in [2.75, 3.05) is 25.4 Å². The Kier molecular flexibility index (Phi) is 6.61. The first-order valence-corrected chi connectivity index (χ1v) is 7.38. The van der Waals surface area contributed by atoms with E-state index in [0.717, 1.165) is 6.54 Å².